The zero-order valence-corrected chi connectivity index (χ0v) is 25.4. The van der Waals surface area contributed by atoms with Crippen molar-refractivity contribution in [3.05, 3.63) is 71.0 Å². The van der Waals surface area contributed by atoms with Gasteiger partial charge in [0.25, 0.3) is 0 Å². The number of aliphatic carboxylic acids is 1. The number of nitrogens with two attached hydrogens (primary N) is 1. The molecule has 1 heterocycles. The van der Waals surface area contributed by atoms with Crippen molar-refractivity contribution in [2.24, 2.45) is 5.73 Å². The van der Waals surface area contributed by atoms with Crippen LogP contribution in [0.1, 0.15) is 61.9 Å². The molecule has 0 aliphatic carbocycles. The average molecular weight is 635 g/mol. The fraction of sp³-hybridized carbons (Fsp3) is 0.500. The number of carboxylic acid groups (broad SMARTS) is 1. The Bertz CT molecular complexity index is 1330. The normalized spacial score (nSPS) is 18.3. The van der Waals surface area contributed by atoms with E-state index >= 15 is 0 Å². The number of benzene rings is 2. The molecule has 0 saturated carbocycles. The molecule has 2 aromatic rings. The van der Waals surface area contributed by atoms with E-state index in [2.05, 4.69) is 10.6 Å². The maximum absolute atomic E-state index is 14.0. The van der Waals surface area contributed by atoms with E-state index in [1.54, 1.807) is 30.3 Å². The molecular formula is C32H41F3N4O6. The minimum atomic E-state index is -1.34. The van der Waals surface area contributed by atoms with Crippen molar-refractivity contribution in [2.75, 3.05) is 19.8 Å². The monoisotopic (exact) mass is 634 g/mol. The topological polar surface area (TPSA) is 151 Å². The van der Waals surface area contributed by atoms with Crippen LogP contribution < -0.4 is 16.4 Å². The molecule has 1 unspecified atom stereocenters. The van der Waals surface area contributed by atoms with Crippen LogP contribution in [0.15, 0.2) is 42.5 Å². The minimum absolute atomic E-state index is 0.0481. The number of amides is 2. The zero-order valence-electron chi connectivity index (χ0n) is 25.4. The van der Waals surface area contributed by atoms with E-state index in [0.717, 1.165) is 0 Å². The molecular weight excluding hydrogens is 593 g/mol. The summed E-state index contributed by atoms with van der Waals surface area (Å²) in [5.74, 6) is -5.95. The Kier molecular flexibility index (Phi) is 13.5. The molecule has 2 amide bonds. The van der Waals surface area contributed by atoms with Gasteiger partial charge in [0.15, 0.2) is 17.4 Å². The fourth-order valence-electron chi connectivity index (χ4n) is 5.46. The first-order valence-electron chi connectivity index (χ1n) is 15.1. The number of nitrogens with zero attached hydrogens (tertiary/aromatic N) is 1. The molecule has 45 heavy (non-hydrogen) atoms. The van der Waals surface area contributed by atoms with Crippen LogP contribution in [0.2, 0.25) is 0 Å². The number of carboxylic acids is 1. The summed E-state index contributed by atoms with van der Waals surface area (Å²) in [4.78, 5) is 52.8. The summed E-state index contributed by atoms with van der Waals surface area (Å²) < 4.78 is 46.3. The molecule has 0 aromatic heterocycles. The van der Waals surface area contributed by atoms with Crippen LogP contribution in [-0.4, -0.2) is 83.5 Å². The van der Waals surface area contributed by atoms with Crippen molar-refractivity contribution in [3.8, 4) is 0 Å². The first kappa shape index (κ1) is 35.7. The van der Waals surface area contributed by atoms with Gasteiger partial charge >= 0.3 is 5.97 Å². The Morgan fingerprint density at radius 1 is 1.04 bits per heavy atom. The summed E-state index contributed by atoms with van der Waals surface area (Å²) in [5.41, 5.74) is 6.32. The molecule has 10 nitrogen and oxygen atoms in total. The number of hydrogen-bond donors (Lipinski definition) is 4. The van der Waals surface area contributed by atoms with Gasteiger partial charge in [0.2, 0.25) is 11.8 Å². The molecule has 3 rings (SSSR count). The standard InChI is InChI=1S/C32H41F3N4O6/c1-3-8-27(37-23(18-45-4-2)15-29(40)19-9-6-5-7-10-19)31(42)39-17-22(14-28(39)32(43)44)38-30(41)13-21(36)11-20-12-25(34)26(35)16-24(20)33/h5-7,9-10,12,16,21-23,27-28,37H,3-4,8,11,13-15,17-18,36H2,1-2H3,(H,38,41)(H,43,44)/t21-,22+,23?,27+,28+/m1/s1. The van der Waals surface area contributed by atoms with Gasteiger partial charge in [0.05, 0.1) is 12.6 Å². The lowest BCUT2D eigenvalue weighted by atomic mass is 10.0. The molecule has 1 saturated heterocycles. The number of Topliss-reactive ketones (excluding diaryl/α,β-unsaturated/α-hetero) is 1. The van der Waals surface area contributed by atoms with E-state index in [1.807, 2.05) is 13.8 Å². The van der Waals surface area contributed by atoms with Gasteiger partial charge in [0.1, 0.15) is 11.9 Å². The van der Waals surface area contributed by atoms with Crippen LogP contribution in [0.5, 0.6) is 0 Å². The smallest absolute Gasteiger partial charge is 0.326 e. The first-order valence-corrected chi connectivity index (χ1v) is 15.1. The number of rotatable bonds is 17. The van der Waals surface area contributed by atoms with Crippen molar-refractivity contribution < 1.29 is 42.2 Å². The molecule has 0 bridgehead atoms. The number of ketones is 1. The van der Waals surface area contributed by atoms with Crippen molar-refractivity contribution in [3.63, 3.8) is 0 Å². The molecule has 1 fully saturated rings. The highest BCUT2D eigenvalue weighted by Gasteiger charge is 2.42. The van der Waals surface area contributed by atoms with E-state index in [-0.39, 0.29) is 50.2 Å². The van der Waals surface area contributed by atoms with Crippen LogP contribution in [0.3, 0.4) is 0 Å². The summed E-state index contributed by atoms with van der Waals surface area (Å²) in [6, 6.07) is 5.69. The summed E-state index contributed by atoms with van der Waals surface area (Å²) >= 11 is 0. The predicted molar refractivity (Wildman–Crippen MR) is 160 cm³/mol. The third-order valence-corrected chi connectivity index (χ3v) is 7.62. The molecule has 246 valence electrons. The lowest BCUT2D eigenvalue weighted by Crippen LogP contribution is -2.54. The van der Waals surface area contributed by atoms with Gasteiger partial charge in [-0.05, 0) is 31.4 Å². The largest absolute Gasteiger partial charge is 0.480 e. The van der Waals surface area contributed by atoms with Crippen molar-refractivity contribution in [1.82, 2.24) is 15.5 Å². The number of halogens is 3. The Hall–Kier alpha value is -3.81. The average Bonchev–Trinajstić information content (AvgIpc) is 3.42. The van der Waals surface area contributed by atoms with Crippen molar-refractivity contribution in [2.45, 2.75) is 82.6 Å². The number of ether oxygens (including phenoxy) is 1. The van der Waals surface area contributed by atoms with Crippen LogP contribution in [0.25, 0.3) is 0 Å². The lowest BCUT2D eigenvalue weighted by molar-refractivity contribution is -0.149. The number of carbonyl (C=O) groups excluding carboxylic acids is 3. The molecule has 2 aromatic carbocycles. The van der Waals surface area contributed by atoms with Crippen LogP contribution >= 0.6 is 0 Å². The lowest BCUT2D eigenvalue weighted by Gasteiger charge is -2.30. The van der Waals surface area contributed by atoms with Crippen molar-refractivity contribution >= 4 is 23.6 Å². The van der Waals surface area contributed by atoms with Gasteiger partial charge in [-0.3, -0.25) is 14.4 Å². The molecule has 1 aliphatic heterocycles. The Labute approximate surface area is 260 Å². The van der Waals surface area contributed by atoms with Crippen LogP contribution in [0, 0.1) is 17.5 Å². The van der Waals surface area contributed by atoms with Crippen LogP contribution in [-0.2, 0) is 25.5 Å². The second kappa shape index (κ2) is 17.0. The molecule has 5 N–H and O–H groups in total. The van der Waals surface area contributed by atoms with Gasteiger partial charge < -0.3 is 31.1 Å². The Morgan fingerprint density at radius 2 is 1.73 bits per heavy atom. The summed E-state index contributed by atoms with van der Waals surface area (Å²) in [6.07, 6.45) is 0.454. The van der Waals surface area contributed by atoms with Gasteiger partial charge in [-0.2, -0.15) is 0 Å². The third-order valence-electron chi connectivity index (χ3n) is 7.62. The Balaban J connectivity index is 1.65. The van der Waals surface area contributed by atoms with Gasteiger partial charge in [-0.1, -0.05) is 43.7 Å². The molecule has 13 heteroatoms. The van der Waals surface area contributed by atoms with E-state index < -0.39 is 65.4 Å². The molecule has 0 spiro atoms. The van der Waals surface area contributed by atoms with Gasteiger partial charge in [-0.15, -0.1) is 0 Å². The second-order valence-corrected chi connectivity index (χ2v) is 11.2. The van der Waals surface area contributed by atoms with Crippen LogP contribution in [0.4, 0.5) is 13.2 Å². The van der Waals surface area contributed by atoms with Gasteiger partial charge in [-0.25, -0.2) is 18.0 Å². The van der Waals surface area contributed by atoms with E-state index in [1.165, 1.54) is 4.90 Å². The summed E-state index contributed by atoms with van der Waals surface area (Å²) in [7, 11) is 0. The summed E-state index contributed by atoms with van der Waals surface area (Å²) in [6.45, 7) is 4.19. The number of carbonyl (C=O) groups is 4. The minimum Gasteiger partial charge on any atom is -0.480 e. The van der Waals surface area contributed by atoms with Crippen molar-refractivity contribution in [1.29, 1.82) is 0 Å². The molecule has 5 atom stereocenters. The number of nitrogens with one attached hydrogen (secondary N) is 2. The highest BCUT2D eigenvalue weighted by Crippen LogP contribution is 2.22. The third kappa shape index (κ3) is 10.4. The predicted octanol–water partition coefficient (Wildman–Crippen LogP) is 2.97. The summed E-state index contributed by atoms with van der Waals surface area (Å²) in [5, 5.41) is 15.8. The maximum atomic E-state index is 14.0. The van der Waals surface area contributed by atoms with E-state index in [9.17, 15) is 37.5 Å². The highest BCUT2D eigenvalue weighted by atomic mass is 19.2. The highest BCUT2D eigenvalue weighted by molar-refractivity contribution is 5.96. The Morgan fingerprint density at radius 3 is 2.38 bits per heavy atom. The molecule has 1 aliphatic rings. The van der Waals surface area contributed by atoms with E-state index in [4.69, 9.17) is 10.5 Å². The fourth-order valence-corrected chi connectivity index (χ4v) is 5.46. The number of likely N-dealkylation sites (tertiary alicyclic amines) is 1. The zero-order chi connectivity index (χ0) is 33.1. The quantitative estimate of drug-likeness (QED) is 0.153. The maximum Gasteiger partial charge on any atom is 0.326 e. The first-order chi connectivity index (χ1) is 21.4. The SMILES string of the molecule is CCC[C@H](NC(COCC)CC(=O)c1ccccc1)C(=O)N1C[C@@H](NC(=O)C[C@H](N)Cc2cc(F)c(F)cc2F)C[C@H]1C(=O)O. The van der Waals surface area contributed by atoms with E-state index in [0.29, 0.717) is 37.1 Å². The van der Waals surface area contributed by atoms with Gasteiger partial charge in [0, 0.05) is 62.2 Å². The second-order valence-electron chi connectivity index (χ2n) is 11.2. The molecule has 0 radical (unpaired) electrons. The number of hydrogen-bond acceptors (Lipinski definition) is 7.